The molecule has 0 aromatic carbocycles. The zero-order valence-electron chi connectivity index (χ0n) is 9.36. The van der Waals surface area contributed by atoms with E-state index in [4.69, 9.17) is 0 Å². The molecule has 0 bridgehead atoms. The molecule has 16 heavy (non-hydrogen) atoms. The fourth-order valence-electron chi connectivity index (χ4n) is 2.39. The molecule has 2 atom stereocenters. The van der Waals surface area contributed by atoms with E-state index in [-0.39, 0.29) is 12.8 Å². The molecule has 1 aliphatic rings. The lowest BCUT2D eigenvalue weighted by molar-refractivity contribution is -0.338. The number of hydrogen-bond acceptors (Lipinski definition) is 4. The summed E-state index contributed by atoms with van der Waals surface area (Å²) in [6.45, 7) is 3.26. The molecule has 0 saturated heterocycles. The maximum absolute atomic E-state index is 11.3. The third kappa shape index (κ3) is 1.37. The van der Waals surface area contributed by atoms with Gasteiger partial charge < -0.3 is 19.8 Å². The number of allylic oxidation sites excluding steroid dienone is 2. The summed E-state index contributed by atoms with van der Waals surface area (Å²) in [5.41, 5.74) is -3.04. The Morgan fingerprint density at radius 2 is 1.25 bits per heavy atom. The van der Waals surface area contributed by atoms with Gasteiger partial charge in [0.2, 0.25) is 0 Å². The lowest BCUT2D eigenvalue weighted by Crippen LogP contribution is -2.59. The Labute approximate surface area is 94.3 Å². The van der Waals surface area contributed by atoms with Gasteiger partial charge in [-0.3, -0.25) is 0 Å². The number of hydrogen-bond donors (Lipinski definition) is 0. The van der Waals surface area contributed by atoms with E-state index >= 15 is 0 Å². The Hall–Kier alpha value is -1.58. The van der Waals surface area contributed by atoms with Crippen molar-refractivity contribution in [2.75, 3.05) is 0 Å². The van der Waals surface area contributed by atoms with Crippen LogP contribution >= 0.6 is 0 Å². The van der Waals surface area contributed by atoms with Gasteiger partial charge in [-0.1, -0.05) is 38.2 Å². The van der Waals surface area contributed by atoms with Gasteiger partial charge in [-0.05, 0) is 12.8 Å². The van der Waals surface area contributed by atoms with E-state index < -0.39 is 22.8 Å². The number of rotatable bonds is 4. The highest BCUT2D eigenvalue weighted by Gasteiger charge is 2.49. The van der Waals surface area contributed by atoms with Gasteiger partial charge in [-0.2, -0.15) is 0 Å². The highest BCUT2D eigenvalue weighted by molar-refractivity contribution is 5.88. The van der Waals surface area contributed by atoms with Gasteiger partial charge in [0.05, 0.1) is 11.9 Å². The molecule has 0 amide bonds. The Bertz CT molecular complexity index is 333. The van der Waals surface area contributed by atoms with E-state index in [2.05, 4.69) is 0 Å². The lowest BCUT2D eigenvalue weighted by Gasteiger charge is -2.49. The number of carboxylic acid groups (broad SMARTS) is 2. The fraction of sp³-hybridized carbons (Fsp3) is 0.500. The van der Waals surface area contributed by atoms with Crippen LogP contribution in [0.5, 0.6) is 0 Å². The average Bonchev–Trinajstić information content (AvgIpc) is 2.27. The third-order valence-corrected chi connectivity index (χ3v) is 3.51. The molecule has 4 nitrogen and oxygen atoms in total. The summed E-state index contributed by atoms with van der Waals surface area (Å²) in [6, 6.07) is 0. The first-order valence-corrected chi connectivity index (χ1v) is 5.27. The van der Waals surface area contributed by atoms with Crippen molar-refractivity contribution in [1.29, 1.82) is 0 Å². The van der Waals surface area contributed by atoms with E-state index in [0.29, 0.717) is 0 Å². The monoisotopic (exact) mass is 222 g/mol. The van der Waals surface area contributed by atoms with Gasteiger partial charge in [0.15, 0.2) is 0 Å². The second-order valence-electron chi connectivity index (χ2n) is 3.94. The Kier molecular flexibility index (Phi) is 3.21. The normalized spacial score (nSPS) is 32.6. The largest absolute Gasteiger partial charge is 0.549 e. The van der Waals surface area contributed by atoms with Crippen LogP contribution in [-0.2, 0) is 9.59 Å². The molecular weight excluding hydrogens is 208 g/mol. The first-order valence-electron chi connectivity index (χ1n) is 5.27. The van der Waals surface area contributed by atoms with Crippen molar-refractivity contribution in [2.24, 2.45) is 10.8 Å². The van der Waals surface area contributed by atoms with E-state index in [1.807, 2.05) is 0 Å². The van der Waals surface area contributed by atoms with Crippen LogP contribution in [0.15, 0.2) is 24.3 Å². The van der Waals surface area contributed by atoms with Gasteiger partial charge in [0, 0.05) is 10.8 Å². The SMILES string of the molecule is CCC1(C(=O)[O-])C=CC=CC1(CC)C(=O)[O-]. The van der Waals surface area contributed by atoms with Crippen molar-refractivity contribution < 1.29 is 19.8 Å². The zero-order valence-corrected chi connectivity index (χ0v) is 9.36. The average molecular weight is 222 g/mol. The number of carbonyl (C=O) groups is 2. The molecule has 0 saturated carbocycles. The molecule has 4 heteroatoms. The van der Waals surface area contributed by atoms with E-state index in [1.54, 1.807) is 13.8 Å². The van der Waals surface area contributed by atoms with E-state index in [0.717, 1.165) is 0 Å². The van der Waals surface area contributed by atoms with Crippen LogP contribution in [0.4, 0.5) is 0 Å². The van der Waals surface area contributed by atoms with Crippen molar-refractivity contribution in [3.05, 3.63) is 24.3 Å². The van der Waals surface area contributed by atoms with E-state index in [9.17, 15) is 19.8 Å². The molecule has 1 aliphatic carbocycles. The first-order chi connectivity index (χ1) is 7.47. The number of carboxylic acids is 2. The van der Waals surface area contributed by atoms with Gasteiger partial charge in [-0.15, -0.1) is 0 Å². The standard InChI is InChI=1S/C12H16O4/c1-3-11(9(13)14)7-5-6-8-12(11,4-2)10(15)16/h5-8H,3-4H2,1-2H3,(H,13,14)(H,15,16)/p-2. The van der Waals surface area contributed by atoms with Gasteiger partial charge in [0.1, 0.15) is 0 Å². The summed E-state index contributed by atoms with van der Waals surface area (Å²) < 4.78 is 0. The summed E-state index contributed by atoms with van der Waals surface area (Å²) in [6.07, 6.45) is 6.16. The van der Waals surface area contributed by atoms with Crippen LogP contribution < -0.4 is 10.2 Å². The van der Waals surface area contributed by atoms with Crippen molar-refractivity contribution >= 4 is 11.9 Å². The minimum Gasteiger partial charge on any atom is -0.549 e. The molecule has 88 valence electrons. The predicted molar refractivity (Wildman–Crippen MR) is 53.7 cm³/mol. The van der Waals surface area contributed by atoms with Gasteiger partial charge in [0.25, 0.3) is 0 Å². The summed E-state index contributed by atoms with van der Waals surface area (Å²) >= 11 is 0. The topological polar surface area (TPSA) is 80.3 Å². The molecule has 0 heterocycles. The van der Waals surface area contributed by atoms with Crippen molar-refractivity contribution in [3.8, 4) is 0 Å². The summed E-state index contributed by atoms with van der Waals surface area (Å²) in [7, 11) is 0. The lowest BCUT2D eigenvalue weighted by atomic mass is 9.58. The minimum atomic E-state index is -1.52. The van der Waals surface area contributed by atoms with Crippen LogP contribution in [0.3, 0.4) is 0 Å². The quantitative estimate of drug-likeness (QED) is 0.636. The van der Waals surface area contributed by atoms with Gasteiger partial charge in [-0.25, -0.2) is 0 Å². The Morgan fingerprint density at radius 3 is 1.44 bits per heavy atom. The Balaban J connectivity index is 3.44. The van der Waals surface area contributed by atoms with Crippen LogP contribution in [0.2, 0.25) is 0 Å². The van der Waals surface area contributed by atoms with Gasteiger partial charge >= 0.3 is 0 Å². The predicted octanol–water partition coefficient (Wildman–Crippen LogP) is -0.595. The molecule has 0 aliphatic heterocycles. The fourth-order valence-corrected chi connectivity index (χ4v) is 2.39. The summed E-state index contributed by atoms with van der Waals surface area (Å²) in [5.74, 6) is -2.75. The molecule has 2 unspecified atom stereocenters. The zero-order chi connectivity index (χ0) is 12.4. The second-order valence-corrected chi connectivity index (χ2v) is 3.94. The van der Waals surface area contributed by atoms with Crippen molar-refractivity contribution in [1.82, 2.24) is 0 Å². The van der Waals surface area contributed by atoms with Crippen LogP contribution in [0.1, 0.15) is 26.7 Å². The van der Waals surface area contributed by atoms with Crippen LogP contribution in [0.25, 0.3) is 0 Å². The molecule has 0 fully saturated rings. The molecule has 0 aromatic heterocycles. The maximum atomic E-state index is 11.3. The maximum Gasteiger partial charge on any atom is 0.0526 e. The smallest absolute Gasteiger partial charge is 0.0526 e. The highest BCUT2D eigenvalue weighted by Crippen LogP contribution is 2.48. The van der Waals surface area contributed by atoms with Crippen LogP contribution in [0, 0.1) is 10.8 Å². The van der Waals surface area contributed by atoms with Crippen molar-refractivity contribution in [3.63, 3.8) is 0 Å². The number of carbonyl (C=O) groups excluding carboxylic acids is 2. The van der Waals surface area contributed by atoms with Crippen molar-refractivity contribution in [2.45, 2.75) is 26.7 Å². The second kappa shape index (κ2) is 4.12. The molecule has 0 aromatic rings. The summed E-state index contributed by atoms with van der Waals surface area (Å²) in [5, 5.41) is 22.6. The molecule has 0 radical (unpaired) electrons. The third-order valence-electron chi connectivity index (χ3n) is 3.51. The van der Waals surface area contributed by atoms with E-state index in [1.165, 1.54) is 24.3 Å². The molecule has 0 spiro atoms. The number of aliphatic carboxylic acids is 2. The Morgan fingerprint density at radius 1 is 0.938 bits per heavy atom. The summed E-state index contributed by atoms with van der Waals surface area (Å²) in [4.78, 5) is 22.6. The minimum absolute atomic E-state index is 0.151. The first kappa shape index (κ1) is 12.5. The molecule has 0 N–H and O–H groups in total. The highest BCUT2D eigenvalue weighted by atomic mass is 16.4. The molecular formula is C12H14O4-2. The van der Waals surface area contributed by atoms with Crippen LogP contribution in [-0.4, -0.2) is 11.9 Å². The molecule has 1 rings (SSSR count).